The number of aliphatic hydroxyl groups excluding tert-OH is 1. The highest BCUT2D eigenvalue weighted by Gasteiger charge is 2.32. The molecule has 1 N–H and O–H groups in total. The van der Waals surface area contributed by atoms with Crippen molar-refractivity contribution in [1.29, 1.82) is 0 Å². The maximum absolute atomic E-state index is 13.6. The zero-order chi connectivity index (χ0) is 18.6. The number of carbonyl (C=O) groups is 1. The van der Waals surface area contributed by atoms with Crippen LogP contribution in [0.2, 0.25) is 0 Å². The van der Waals surface area contributed by atoms with E-state index >= 15 is 0 Å². The average molecular weight is 357 g/mol. The number of halogens is 1. The molecule has 0 radical (unpaired) electrons. The van der Waals surface area contributed by atoms with Crippen LogP contribution >= 0.6 is 0 Å². The van der Waals surface area contributed by atoms with Gasteiger partial charge in [-0.2, -0.15) is 0 Å². The van der Waals surface area contributed by atoms with E-state index < -0.39 is 0 Å². The number of benzene rings is 2. The fourth-order valence-electron chi connectivity index (χ4n) is 3.27. The Bertz CT molecular complexity index is 762. The Hall–Kier alpha value is -2.40. The molecular formula is C21H24FNO3. The van der Waals surface area contributed by atoms with Crippen molar-refractivity contribution in [3.05, 3.63) is 65.5 Å². The molecule has 1 aliphatic heterocycles. The number of hydrogen-bond acceptors (Lipinski definition) is 3. The van der Waals surface area contributed by atoms with Gasteiger partial charge in [0.2, 0.25) is 0 Å². The van der Waals surface area contributed by atoms with Gasteiger partial charge in [0.1, 0.15) is 18.2 Å². The molecule has 26 heavy (non-hydrogen) atoms. The second-order valence-corrected chi connectivity index (χ2v) is 7.20. The van der Waals surface area contributed by atoms with Crippen molar-refractivity contribution in [3.63, 3.8) is 0 Å². The molecule has 1 amide bonds. The molecule has 1 unspecified atom stereocenters. The molecule has 0 bridgehead atoms. The van der Waals surface area contributed by atoms with Gasteiger partial charge in [0, 0.05) is 29.6 Å². The number of rotatable bonds is 5. The van der Waals surface area contributed by atoms with Crippen LogP contribution in [0.4, 0.5) is 4.39 Å². The second kappa shape index (κ2) is 7.87. The summed E-state index contributed by atoms with van der Waals surface area (Å²) >= 11 is 0. The standard InChI is InChI=1S/C21H24FNO3/c1-21(15-24)11-4-12-23(14-21)20(25)16-7-9-18(10-8-16)26-13-17-5-2-3-6-19(17)22/h2-3,5-10,24H,4,11-15H2,1H3. The van der Waals surface area contributed by atoms with Crippen molar-refractivity contribution in [3.8, 4) is 5.75 Å². The normalized spacial score (nSPS) is 20.0. The van der Waals surface area contributed by atoms with E-state index in [0.29, 0.717) is 30.0 Å². The lowest BCUT2D eigenvalue weighted by molar-refractivity contribution is 0.0358. The Morgan fingerprint density at radius 1 is 1.23 bits per heavy atom. The minimum absolute atomic E-state index is 0.0370. The van der Waals surface area contributed by atoms with E-state index in [1.165, 1.54) is 6.07 Å². The first kappa shape index (κ1) is 18.4. The van der Waals surface area contributed by atoms with Crippen LogP contribution in [0.3, 0.4) is 0 Å². The monoisotopic (exact) mass is 357 g/mol. The summed E-state index contributed by atoms with van der Waals surface area (Å²) in [6, 6.07) is 13.4. The minimum atomic E-state index is -0.295. The Balaban J connectivity index is 1.62. The Morgan fingerprint density at radius 2 is 1.96 bits per heavy atom. The van der Waals surface area contributed by atoms with Crippen LogP contribution in [0.15, 0.2) is 48.5 Å². The van der Waals surface area contributed by atoms with Gasteiger partial charge >= 0.3 is 0 Å². The largest absolute Gasteiger partial charge is 0.489 e. The molecular weight excluding hydrogens is 333 g/mol. The highest BCUT2D eigenvalue weighted by molar-refractivity contribution is 5.94. The average Bonchev–Trinajstić information content (AvgIpc) is 2.67. The molecule has 0 saturated carbocycles. The predicted molar refractivity (Wildman–Crippen MR) is 97.5 cm³/mol. The third-order valence-electron chi connectivity index (χ3n) is 4.90. The number of ether oxygens (including phenoxy) is 1. The number of hydrogen-bond donors (Lipinski definition) is 1. The van der Waals surface area contributed by atoms with Gasteiger partial charge in [0.15, 0.2) is 0 Å². The van der Waals surface area contributed by atoms with Gasteiger partial charge in [0.05, 0.1) is 6.61 Å². The van der Waals surface area contributed by atoms with Gasteiger partial charge < -0.3 is 14.7 Å². The van der Waals surface area contributed by atoms with Crippen molar-refractivity contribution in [1.82, 2.24) is 4.90 Å². The lowest BCUT2D eigenvalue weighted by Gasteiger charge is -2.39. The second-order valence-electron chi connectivity index (χ2n) is 7.20. The van der Waals surface area contributed by atoms with Crippen LogP contribution in [0.25, 0.3) is 0 Å². The zero-order valence-corrected chi connectivity index (χ0v) is 15.0. The van der Waals surface area contributed by atoms with E-state index in [4.69, 9.17) is 4.74 Å². The molecule has 5 heteroatoms. The predicted octanol–water partition coefficient (Wildman–Crippen LogP) is 3.64. The Labute approximate surface area is 153 Å². The van der Waals surface area contributed by atoms with Crippen LogP contribution in [-0.2, 0) is 6.61 Å². The van der Waals surface area contributed by atoms with Gasteiger partial charge in [-0.3, -0.25) is 4.79 Å². The third kappa shape index (κ3) is 4.22. The van der Waals surface area contributed by atoms with Crippen molar-refractivity contribution in [2.75, 3.05) is 19.7 Å². The van der Waals surface area contributed by atoms with E-state index in [-0.39, 0.29) is 30.4 Å². The number of aliphatic hydroxyl groups is 1. The van der Waals surface area contributed by atoms with Crippen LogP contribution in [-0.4, -0.2) is 35.6 Å². The first-order valence-corrected chi connectivity index (χ1v) is 8.87. The Kier molecular flexibility index (Phi) is 5.57. The van der Waals surface area contributed by atoms with Gasteiger partial charge in [-0.1, -0.05) is 25.1 Å². The van der Waals surface area contributed by atoms with Gasteiger partial charge in [-0.05, 0) is 43.2 Å². The van der Waals surface area contributed by atoms with Crippen LogP contribution in [0.1, 0.15) is 35.7 Å². The smallest absolute Gasteiger partial charge is 0.253 e. The zero-order valence-electron chi connectivity index (χ0n) is 15.0. The molecule has 2 aromatic rings. The van der Waals surface area contributed by atoms with Crippen molar-refractivity contribution in [2.45, 2.75) is 26.4 Å². The molecule has 0 aromatic heterocycles. The maximum Gasteiger partial charge on any atom is 0.253 e. The summed E-state index contributed by atoms with van der Waals surface area (Å²) in [5, 5.41) is 9.55. The molecule has 3 rings (SSSR count). The van der Waals surface area contributed by atoms with Crippen molar-refractivity contribution < 1.29 is 19.0 Å². The summed E-state index contributed by atoms with van der Waals surface area (Å²) < 4.78 is 19.2. The topological polar surface area (TPSA) is 49.8 Å². The summed E-state index contributed by atoms with van der Waals surface area (Å²) in [7, 11) is 0. The summed E-state index contributed by atoms with van der Waals surface area (Å²) in [6.07, 6.45) is 1.82. The molecule has 1 heterocycles. The molecule has 0 spiro atoms. The highest BCUT2D eigenvalue weighted by Crippen LogP contribution is 2.29. The van der Waals surface area contributed by atoms with E-state index in [2.05, 4.69) is 0 Å². The number of likely N-dealkylation sites (tertiary alicyclic amines) is 1. The van der Waals surface area contributed by atoms with Crippen LogP contribution < -0.4 is 4.74 Å². The highest BCUT2D eigenvalue weighted by atomic mass is 19.1. The molecule has 1 atom stereocenters. The van der Waals surface area contributed by atoms with Crippen LogP contribution in [0.5, 0.6) is 5.75 Å². The van der Waals surface area contributed by atoms with E-state index in [9.17, 15) is 14.3 Å². The van der Waals surface area contributed by atoms with Crippen molar-refractivity contribution in [2.24, 2.45) is 5.41 Å². The number of piperidine rings is 1. The Morgan fingerprint density at radius 3 is 2.65 bits per heavy atom. The molecule has 1 saturated heterocycles. The van der Waals surface area contributed by atoms with Crippen molar-refractivity contribution >= 4 is 5.91 Å². The van der Waals surface area contributed by atoms with E-state index in [0.717, 1.165) is 12.8 Å². The molecule has 0 aliphatic carbocycles. The summed E-state index contributed by atoms with van der Waals surface area (Å²) in [5.74, 6) is 0.255. The lowest BCUT2D eigenvalue weighted by atomic mass is 9.82. The van der Waals surface area contributed by atoms with Gasteiger partial charge in [-0.25, -0.2) is 4.39 Å². The quantitative estimate of drug-likeness (QED) is 0.889. The first-order chi connectivity index (χ1) is 12.5. The van der Waals surface area contributed by atoms with Crippen LogP contribution in [0, 0.1) is 11.2 Å². The summed E-state index contributed by atoms with van der Waals surface area (Å²) in [4.78, 5) is 14.5. The van der Waals surface area contributed by atoms with Gasteiger partial charge in [0.25, 0.3) is 5.91 Å². The molecule has 1 aliphatic rings. The van der Waals surface area contributed by atoms with E-state index in [1.54, 1.807) is 47.4 Å². The summed E-state index contributed by atoms with van der Waals surface area (Å²) in [5.41, 5.74) is 0.853. The summed E-state index contributed by atoms with van der Waals surface area (Å²) in [6.45, 7) is 3.50. The van der Waals surface area contributed by atoms with Gasteiger partial charge in [-0.15, -0.1) is 0 Å². The molecule has 2 aromatic carbocycles. The maximum atomic E-state index is 13.6. The fraction of sp³-hybridized carbons (Fsp3) is 0.381. The number of carbonyl (C=O) groups excluding carboxylic acids is 1. The first-order valence-electron chi connectivity index (χ1n) is 8.87. The third-order valence-corrected chi connectivity index (χ3v) is 4.90. The minimum Gasteiger partial charge on any atom is -0.489 e. The molecule has 1 fully saturated rings. The number of nitrogens with zero attached hydrogens (tertiary/aromatic N) is 1. The van der Waals surface area contributed by atoms with E-state index in [1.807, 2.05) is 6.92 Å². The fourth-order valence-corrected chi connectivity index (χ4v) is 3.27. The lowest BCUT2D eigenvalue weighted by Crippen LogP contribution is -2.46. The SMILES string of the molecule is CC1(CO)CCCN(C(=O)c2ccc(OCc3ccccc3F)cc2)C1. The molecule has 4 nitrogen and oxygen atoms in total. The molecule has 138 valence electrons. The number of amides is 1.